The largest absolute Gasteiger partial charge is 0.494 e. The molecule has 0 fully saturated rings. The molecule has 0 saturated carbocycles. The molecule has 148 valence electrons. The summed E-state index contributed by atoms with van der Waals surface area (Å²) in [6.45, 7) is 3.09. The first-order valence-electron chi connectivity index (χ1n) is 10.9. The highest BCUT2D eigenvalue weighted by atomic mass is 16.5. The maximum atomic E-state index is 5.93. The van der Waals surface area contributed by atoms with Crippen LogP contribution in [0, 0.1) is 0 Å². The quantitative estimate of drug-likeness (QED) is 0.321. The third kappa shape index (κ3) is 10.1. The predicted octanol–water partition coefficient (Wildman–Crippen LogP) is 8.12. The highest BCUT2D eigenvalue weighted by Gasteiger charge is 1.98. The molecule has 2 aromatic rings. The molecule has 2 nitrogen and oxygen atoms in total. The molecule has 0 aromatic heterocycles. The molecule has 0 heterocycles. The highest BCUT2D eigenvalue weighted by Crippen LogP contribution is 2.21. The lowest BCUT2D eigenvalue weighted by molar-refractivity contribution is 0.304. The first-order valence-corrected chi connectivity index (χ1v) is 10.9. The minimum atomic E-state index is 0.811. The summed E-state index contributed by atoms with van der Waals surface area (Å²) in [6, 6.07) is 18.5. The molecule has 0 aliphatic rings. The fraction of sp³-hybridized carbons (Fsp3) is 0.520. The van der Waals surface area contributed by atoms with Gasteiger partial charge in [0.1, 0.15) is 5.75 Å². The van der Waals surface area contributed by atoms with E-state index in [0.717, 1.165) is 30.2 Å². The third-order valence-electron chi connectivity index (χ3n) is 4.91. The van der Waals surface area contributed by atoms with Crippen LogP contribution in [-0.2, 0) is 0 Å². The molecule has 2 rings (SSSR count). The zero-order valence-electron chi connectivity index (χ0n) is 17.1. The molecule has 0 radical (unpaired) electrons. The number of benzene rings is 2. The molecule has 0 atom stereocenters. The van der Waals surface area contributed by atoms with Crippen molar-refractivity contribution in [2.75, 3.05) is 11.9 Å². The van der Waals surface area contributed by atoms with E-state index in [9.17, 15) is 0 Å². The van der Waals surface area contributed by atoms with Gasteiger partial charge in [-0.05, 0) is 30.7 Å². The van der Waals surface area contributed by atoms with Crippen LogP contribution >= 0.6 is 0 Å². The second kappa shape index (κ2) is 14.1. The van der Waals surface area contributed by atoms with Crippen molar-refractivity contribution in [2.24, 2.45) is 0 Å². The Hall–Kier alpha value is -1.96. The first-order chi connectivity index (χ1) is 13.4. The van der Waals surface area contributed by atoms with Gasteiger partial charge in [0, 0.05) is 17.4 Å². The summed E-state index contributed by atoms with van der Waals surface area (Å²) in [5, 5.41) is 3.41. The number of rotatable bonds is 15. The van der Waals surface area contributed by atoms with Gasteiger partial charge >= 0.3 is 0 Å². The summed E-state index contributed by atoms with van der Waals surface area (Å²) in [5.74, 6) is 0.947. The minimum Gasteiger partial charge on any atom is -0.494 e. The first kappa shape index (κ1) is 21.3. The van der Waals surface area contributed by atoms with E-state index >= 15 is 0 Å². The number of hydrogen-bond donors (Lipinski definition) is 1. The van der Waals surface area contributed by atoms with Crippen molar-refractivity contribution in [2.45, 2.75) is 77.6 Å². The molecular weight excluding hydrogens is 330 g/mol. The number of para-hydroxylation sites is 1. The summed E-state index contributed by atoms with van der Waals surface area (Å²) < 4.78 is 5.93. The fourth-order valence-corrected chi connectivity index (χ4v) is 3.31. The van der Waals surface area contributed by atoms with Crippen LogP contribution in [0.4, 0.5) is 11.4 Å². The maximum absolute atomic E-state index is 5.93. The van der Waals surface area contributed by atoms with E-state index in [0.29, 0.717) is 0 Å². The van der Waals surface area contributed by atoms with Gasteiger partial charge in [-0.2, -0.15) is 0 Å². The molecule has 0 saturated heterocycles. The van der Waals surface area contributed by atoms with E-state index in [-0.39, 0.29) is 0 Å². The van der Waals surface area contributed by atoms with Crippen LogP contribution in [0.5, 0.6) is 5.75 Å². The van der Waals surface area contributed by atoms with Crippen LogP contribution in [0.2, 0.25) is 0 Å². The Morgan fingerprint density at radius 2 is 1.22 bits per heavy atom. The average molecular weight is 368 g/mol. The molecular formula is C25H37NO. The summed E-state index contributed by atoms with van der Waals surface area (Å²) in [6.07, 6.45) is 15.0. The van der Waals surface area contributed by atoms with Gasteiger partial charge in [0.05, 0.1) is 6.61 Å². The highest BCUT2D eigenvalue weighted by molar-refractivity contribution is 5.60. The van der Waals surface area contributed by atoms with Crippen molar-refractivity contribution in [1.82, 2.24) is 0 Å². The Balaban J connectivity index is 1.50. The molecule has 0 aliphatic heterocycles. The molecule has 0 amide bonds. The molecule has 0 aliphatic carbocycles. The Labute approximate surface area is 166 Å². The zero-order chi connectivity index (χ0) is 19.0. The van der Waals surface area contributed by atoms with Gasteiger partial charge in [0.25, 0.3) is 0 Å². The van der Waals surface area contributed by atoms with Crippen molar-refractivity contribution in [3.05, 3.63) is 54.6 Å². The van der Waals surface area contributed by atoms with E-state index in [4.69, 9.17) is 4.74 Å². The molecule has 2 aromatic carbocycles. The van der Waals surface area contributed by atoms with Crippen LogP contribution in [-0.4, -0.2) is 6.61 Å². The van der Waals surface area contributed by atoms with Crippen molar-refractivity contribution >= 4 is 11.4 Å². The van der Waals surface area contributed by atoms with Crippen molar-refractivity contribution < 1.29 is 4.74 Å². The van der Waals surface area contributed by atoms with Gasteiger partial charge in [0.15, 0.2) is 0 Å². The number of unbranched alkanes of at least 4 members (excludes halogenated alkanes) is 10. The summed E-state index contributed by atoms with van der Waals surface area (Å²) >= 11 is 0. The van der Waals surface area contributed by atoms with Crippen LogP contribution in [0.1, 0.15) is 77.6 Å². The van der Waals surface area contributed by atoms with Crippen LogP contribution in [0.15, 0.2) is 54.6 Å². The zero-order valence-corrected chi connectivity index (χ0v) is 17.1. The van der Waals surface area contributed by atoms with Crippen molar-refractivity contribution in [1.29, 1.82) is 0 Å². The number of ether oxygens (including phenoxy) is 1. The van der Waals surface area contributed by atoms with Gasteiger partial charge in [-0.25, -0.2) is 0 Å². The number of anilines is 2. The van der Waals surface area contributed by atoms with Gasteiger partial charge in [0.2, 0.25) is 0 Å². The Morgan fingerprint density at radius 1 is 0.630 bits per heavy atom. The minimum absolute atomic E-state index is 0.811. The SMILES string of the molecule is CCCCCCCCCCCCCOc1cccc(Nc2ccccc2)c1. The normalized spacial score (nSPS) is 10.7. The van der Waals surface area contributed by atoms with Crippen molar-refractivity contribution in [3.63, 3.8) is 0 Å². The molecule has 2 heteroatoms. The van der Waals surface area contributed by atoms with Crippen LogP contribution < -0.4 is 10.1 Å². The lowest BCUT2D eigenvalue weighted by Gasteiger charge is -2.10. The van der Waals surface area contributed by atoms with E-state index < -0.39 is 0 Å². The van der Waals surface area contributed by atoms with Gasteiger partial charge in [-0.1, -0.05) is 95.4 Å². The topological polar surface area (TPSA) is 21.3 Å². The monoisotopic (exact) mass is 367 g/mol. The van der Waals surface area contributed by atoms with Crippen molar-refractivity contribution in [3.8, 4) is 5.75 Å². The summed E-state index contributed by atoms with van der Waals surface area (Å²) in [4.78, 5) is 0. The Kier molecular flexibility index (Phi) is 11.2. The lowest BCUT2D eigenvalue weighted by Crippen LogP contribution is -1.98. The molecule has 0 bridgehead atoms. The smallest absolute Gasteiger partial charge is 0.121 e. The standard InChI is InChI=1S/C25H37NO/c1-2-3-4-5-6-7-8-9-10-11-15-21-27-25-20-16-19-24(22-25)26-23-17-13-12-14-18-23/h12-14,16-20,22,26H,2-11,15,21H2,1H3. The van der Waals surface area contributed by atoms with Crippen LogP contribution in [0.3, 0.4) is 0 Å². The molecule has 1 N–H and O–H groups in total. The second-order valence-corrected chi connectivity index (χ2v) is 7.40. The van der Waals surface area contributed by atoms with Gasteiger partial charge in [-0.15, -0.1) is 0 Å². The molecule has 0 unspecified atom stereocenters. The predicted molar refractivity (Wildman–Crippen MR) is 118 cm³/mol. The van der Waals surface area contributed by atoms with E-state index in [2.05, 4.69) is 36.5 Å². The second-order valence-electron chi connectivity index (χ2n) is 7.40. The maximum Gasteiger partial charge on any atom is 0.121 e. The number of hydrogen-bond acceptors (Lipinski definition) is 2. The van der Waals surface area contributed by atoms with E-state index in [1.165, 1.54) is 64.2 Å². The summed E-state index contributed by atoms with van der Waals surface area (Å²) in [7, 11) is 0. The summed E-state index contributed by atoms with van der Waals surface area (Å²) in [5.41, 5.74) is 2.16. The van der Waals surface area contributed by atoms with E-state index in [1.807, 2.05) is 30.3 Å². The van der Waals surface area contributed by atoms with E-state index in [1.54, 1.807) is 0 Å². The average Bonchev–Trinajstić information content (AvgIpc) is 2.70. The van der Waals surface area contributed by atoms with Gasteiger partial charge in [-0.3, -0.25) is 0 Å². The van der Waals surface area contributed by atoms with Crippen LogP contribution in [0.25, 0.3) is 0 Å². The molecule has 27 heavy (non-hydrogen) atoms. The fourth-order valence-electron chi connectivity index (χ4n) is 3.31. The number of nitrogens with one attached hydrogen (secondary N) is 1. The Bertz CT molecular complexity index is 596. The third-order valence-corrected chi connectivity index (χ3v) is 4.91. The van der Waals surface area contributed by atoms with Gasteiger partial charge < -0.3 is 10.1 Å². The lowest BCUT2D eigenvalue weighted by atomic mass is 10.1. The molecule has 0 spiro atoms. The Morgan fingerprint density at radius 3 is 1.89 bits per heavy atom.